The molecule has 3 aromatic rings. The zero-order chi connectivity index (χ0) is 22.0. The smallest absolute Gasteiger partial charge is 0.284 e. The predicted octanol–water partition coefficient (Wildman–Crippen LogP) is 5.55. The van der Waals surface area contributed by atoms with Gasteiger partial charge in [-0.25, -0.2) is 0 Å². The van der Waals surface area contributed by atoms with Gasteiger partial charge in [-0.3, -0.25) is 9.46 Å². The van der Waals surface area contributed by atoms with Crippen molar-refractivity contribution in [2.45, 2.75) is 12.7 Å². The van der Waals surface area contributed by atoms with E-state index in [2.05, 4.69) is 69.7 Å². The highest BCUT2D eigenvalue weighted by atomic mass is 31.2. The Morgan fingerprint density at radius 3 is 1.72 bits per heavy atom. The summed E-state index contributed by atoms with van der Waals surface area (Å²) in [7, 11) is -3.11. The molecule has 2 aliphatic rings. The normalized spacial score (nSPS) is 19.8. The van der Waals surface area contributed by atoms with Gasteiger partial charge in [0.15, 0.2) is 0 Å². The molecule has 3 aromatic carbocycles. The molecule has 0 amide bonds. The summed E-state index contributed by atoms with van der Waals surface area (Å²) in [4.78, 5) is 2.37. The molecule has 0 radical (unpaired) electrons. The van der Waals surface area contributed by atoms with Gasteiger partial charge >= 0.3 is 0 Å². The molecule has 6 heteroatoms. The number of anilines is 2. The summed E-state index contributed by atoms with van der Waals surface area (Å²) in [6, 6.07) is 29.0. The first-order chi connectivity index (χ1) is 15.7. The van der Waals surface area contributed by atoms with E-state index in [-0.39, 0.29) is 5.78 Å². The minimum atomic E-state index is -3.11. The Balaban J connectivity index is 1.68. The van der Waals surface area contributed by atoms with Gasteiger partial charge in [0.2, 0.25) is 0 Å². The Labute approximate surface area is 190 Å². The monoisotopic (exact) mass is 447 g/mol. The Bertz CT molecular complexity index is 1020. The van der Waals surface area contributed by atoms with Gasteiger partial charge in [0.1, 0.15) is 5.78 Å². The summed E-state index contributed by atoms with van der Waals surface area (Å²) in [5.41, 5.74) is 4.34. The largest absolute Gasteiger partial charge is 0.379 e. The fourth-order valence-electron chi connectivity index (χ4n) is 4.84. The van der Waals surface area contributed by atoms with Gasteiger partial charge in [-0.2, -0.15) is 0 Å². The highest BCUT2D eigenvalue weighted by Crippen LogP contribution is 2.69. The average Bonchev–Trinajstić information content (AvgIpc) is 3.19. The van der Waals surface area contributed by atoms with Crippen LogP contribution in [0.25, 0.3) is 0 Å². The van der Waals surface area contributed by atoms with Crippen molar-refractivity contribution in [1.82, 2.24) is 4.90 Å². The molecule has 1 unspecified atom stereocenters. The maximum Gasteiger partial charge on any atom is 0.284 e. The summed E-state index contributed by atoms with van der Waals surface area (Å²) in [5.74, 6) is -0.241. The molecule has 2 saturated heterocycles. The van der Waals surface area contributed by atoms with E-state index in [1.807, 2.05) is 36.4 Å². The second kappa shape index (κ2) is 9.11. The molecule has 0 saturated carbocycles. The second-order valence-corrected chi connectivity index (χ2v) is 11.1. The van der Waals surface area contributed by atoms with Crippen LogP contribution in [0, 0.1) is 6.92 Å². The summed E-state index contributed by atoms with van der Waals surface area (Å²) in [6.45, 7) is 6.42. The maximum absolute atomic E-state index is 15.5. The lowest BCUT2D eigenvalue weighted by atomic mass is 10.1. The van der Waals surface area contributed by atoms with Gasteiger partial charge in [-0.15, -0.1) is 0 Å². The number of morpholine rings is 1. The molecule has 0 N–H and O–H groups in total. The van der Waals surface area contributed by atoms with Gasteiger partial charge in [0.05, 0.1) is 13.2 Å². The van der Waals surface area contributed by atoms with E-state index in [1.54, 1.807) is 0 Å². The Kier molecular flexibility index (Phi) is 6.05. The van der Waals surface area contributed by atoms with Crippen molar-refractivity contribution >= 4 is 18.8 Å². The number of benzene rings is 3. The molecular weight excluding hydrogens is 417 g/mol. The Morgan fingerprint density at radius 1 is 0.719 bits per heavy atom. The van der Waals surface area contributed by atoms with Gasteiger partial charge in [-0.1, -0.05) is 66.2 Å². The fourth-order valence-corrected chi connectivity index (χ4v) is 8.52. The lowest BCUT2D eigenvalue weighted by molar-refractivity contribution is 0.0303. The van der Waals surface area contributed by atoms with Crippen LogP contribution in [0.5, 0.6) is 0 Å². The number of nitrogens with zero attached hydrogens (tertiary/aromatic N) is 3. The zero-order valence-corrected chi connectivity index (χ0v) is 19.4. The lowest BCUT2D eigenvalue weighted by Crippen LogP contribution is -2.42. The second-order valence-electron chi connectivity index (χ2n) is 8.44. The number of hydrogen-bond donors (Lipinski definition) is 0. The maximum atomic E-state index is 15.5. The molecule has 0 spiro atoms. The predicted molar refractivity (Wildman–Crippen MR) is 131 cm³/mol. The van der Waals surface area contributed by atoms with E-state index < -0.39 is 7.44 Å². The lowest BCUT2D eigenvalue weighted by Gasteiger charge is -2.44. The minimum absolute atomic E-state index is 0.241. The molecule has 0 aromatic heterocycles. The van der Waals surface area contributed by atoms with Crippen molar-refractivity contribution in [3.05, 3.63) is 96.1 Å². The average molecular weight is 448 g/mol. The number of hydrogen-bond acceptors (Lipinski definition) is 3. The molecule has 2 fully saturated rings. The molecule has 1 atom stereocenters. The van der Waals surface area contributed by atoms with Crippen molar-refractivity contribution in [2.24, 2.45) is 0 Å². The van der Waals surface area contributed by atoms with E-state index in [9.17, 15) is 0 Å². The number of aryl methyl sites for hydroxylation is 1. The van der Waals surface area contributed by atoms with E-state index in [1.165, 1.54) is 5.56 Å². The first kappa shape index (κ1) is 21.3. The van der Waals surface area contributed by atoms with Crippen molar-refractivity contribution in [3.63, 3.8) is 0 Å². The molecule has 5 rings (SSSR count). The fraction of sp³-hybridized carbons (Fsp3) is 0.308. The number of para-hydroxylation sites is 2. The summed E-state index contributed by atoms with van der Waals surface area (Å²) in [6.07, 6.45) is 0. The molecule has 2 heterocycles. The molecule has 32 heavy (non-hydrogen) atoms. The van der Waals surface area contributed by atoms with Gasteiger partial charge in [0, 0.05) is 37.6 Å². The summed E-state index contributed by atoms with van der Waals surface area (Å²) >= 11 is 0. The van der Waals surface area contributed by atoms with E-state index in [0.717, 1.165) is 43.1 Å². The number of ether oxygens (including phenoxy) is 1. The van der Waals surface area contributed by atoms with Crippen LogP contribution >= 0.6 is 7.44 Å². The Morgan fingerprint density at radius 2 is 1.22 bits per heavy atom. The SMILES string of the molecule is Cc1ccc(C(N2CCOCC2)P2(=O)N(c3ccccc3)CCN2c2ccccc2)cc1. The first-order valence-electron chi connectivity index (χ1n) is 11.3. The molecular formula is C26H30N3O2P. The highest BCUT2D eigenvalue weighted by molar-refractivity contribution is 7.67. The van der Waals surface area contributed by atoms with E-state index in [0.29, 0.717) is 13.2 Å². The van der Waals surface area contributed by atoms with E-state index in [4.69, 9.17) is 4.74 Å². The summed E-state index contributed by atoms with van der Waals surface area (Å²) in [5, 5.41) is 0. The minimum Gasteiger partial charge on any atom is -0.379 e. The van der Waals surface area contributed by atoms with Gasteiger partial charge in [0.25, 0.3) is 7.44 Å². The van der Waals surface area contributed by atoms with Crippen molar-refractivity contribution in [3.8, 4) is 0 Å². The number of rotatable bonds is 5. The van der Waals surface area contributed by atoms with Crippen LogP contribution in [0.2, 0.25) is 0 Å². The van der Waals surface area contributed by atoms with Crippen LogP contribution in [0.4, 0.5) is 11.4 Å². The quantitative estimate of drug-likeness (QED) is 0.480. The topological polar surface area (TPSA) is 36.0 Å². The molecule has 0 bridgehead atoms. The van der Waals surface area contributed by atoms with Gasteiger partial charge < -0.3 is 14.1 Å². The van der Waals surface area contributed by atoms with Crippen LogP contribution in [0.3, 0.4) is 0 Å². The van der Waals surface area contributed by atoms with Crippen molar-refractivity contribution in [1.29, 1.82) is 0 Å². The van der Waals surface area contributed by atoms with Crippen LogP contribution in [0.1, 0.15) is 16.9 Å². The molecule has 166 valence electrons. The highest BCUT2D eigenvalue weighted by Gasteiger charge is 2.52. The third-order valence-electron chi connectivity index (χ3n) is 6.41. The van der Waals surface area contributed by atoms with Crippen molar-refractivity contribution in [2.75, 3.05) is 48.7 Å². The third kappa shape index (κ3) is 3.86. The van der Waals surface area contributed by atoms with Crippen LogP contribution in [-0.2, 0) is 9.30 Å². The van der Waals surface area contributed by atoms with Crippen molar-refractivity contribution < 1.29 is 9.30 Å². The molecule has 2 aliphatic heterocycles. The summed E-state index contributed by atoms with van der Waals surface area (Å²) < 4.78 is 25.5. The Hall–Kier alpha value is -2.59. The van der Waals surface area contributed by atoms with Crippen LogP contribution in [-0.4, -0.2) is 44.3 Å². The van der Waals surface area contributed by atoms with Crippen LogP contribution < -0.4 is 9.34 Å². The standard InChI is InChI=1S/C26H30N3O2P/c1-22-12-14-23(15-13-22)26(27-18-20-31-21-19-27)32(30)28(24-8-4-2-5-9-24)16-17-29(32)25-10-6-3-7-11-25/h2-15,26H,16-21H2,1H3. The molecule has 5 nitrogen and oxygen atoms in total. The zero-order valence-electron chi connectivity index (χ0n) is 18.5. The van der Waals surface area contributed by atoms with Gasteiger partial charge in [-0.05, 0) is 36.8 Å². The molecule has 0 aliphatic carbocycles. The third-order valence-corrected chi connectivity index (χ3v) is 9.92. The van der Waals surface area contributed by atoms with E-state index >= 15 is 4.57 Å². The van der Waals surface area contributed by atoms with Crippen LogP contribution in [0.15, 0.2) is 84.9 Å². The first-order valence-corrected chi connectivity index (χ1v) is 13.0.